The van der Waals surface area contributed by atoms with E-state index in [1.807, 2.05) is 42.5 Å². The minimum Gasteiger partial charge on any atom is -0.457 e. The van der Waals surface area contributed by atoms with Crippen LogP contribution < -0.4 is 15.4 Å². The van der Waals surface area contributed by atoms with Gasteiger partial charge in [0.15, 0.2) is 0 Å². The van der Waals surface area contributed by atoms with Crippen LogP contribution in [0.2, 0.25) is 0 Å². The highest BCUT2D eigenvalue weighted by Crippen LogP contribution is 2.23. The van der Waals surface area contributed by atoms with Crippen molar-refractivity contribution in [2.45, 2.75) is 19.9 Å². The third kappa shape index (κ3) is 6.28. The van der Waals surface area contributed by atoms with Gasteiger partial charge in [0.1, 0.15) is 11.5 Å². The number of carbonyl (C=O) groups is 1. The van der Waals surface area contributed by atoms with Crippen LogP contribution in [0.4, 0.5) is 5.69 Å². The van der Waals surface area contributed by atoms with Gasteiger partial charge in [0.2, 0.25) is 5.91 Å². The minimum atomic E-state index is -0.0856. The summed E-state index contributed by atoms with van der Waals surface area (Å²) in [6.07, 6.45) is 0.971. The number of rotatable bonds is 8. The first-order valence-electron chi connectivity index (χ1n) is 9.08. The van der Waals surface area contributed by atoms with E-state index in [4.69, 9.17) is 4.74 Å². The van der Waals surface area contributed by atoms with Gasteiger partial charge in [0, 0.05) is 19.2 Å². The second-order valence-corrected chi connectivity index (χ2v) is 6.36. The van der Waals surface area contributed by atoms with Gasteiger partial charge in [0.25, 0.3) is 0 Å². The monoisotopic (exact) mass is 360 g/mol. The molecule has 3 aromatic carbocycles. The van der Waals surface area contributed by atoms with Gasteiger partial charge in [-0.3, -0.25) is 4.79 Å². The quantitative estimate of drug-likeness (QED) is 0.569. The maximum absolute atomic E-state index is 11.0. The molecule has 4 heteroatoms. The second-order valence-electron chi connectivity index (χ2n) is 6.36. The normalized spacial score (nSPS) is 10.4. The Balaban J connectivity index is 1.45. The molecule has 0 aliphatic rings. The molecule has 3 aromatic rings. The van der Waals surface area contributed by atoms with Crippen LogP contribution in [-0.2, 0) is 17.8 Å². The van der Waals surface area contributed by atoms with Gasteiger partial charge < -0.3 is 15.4 Å². The number of carbonyl (C=O) groups excluding carboxylic acids is 1. The third-order valence-corrected chi connectivity index (χ3v) is 4.10. The number of hydrogen-bond donors (Lipinski definition) is 2. The van der Waals surface area contributed by atoms with Gasteiger partial charge in [-0.2, -0.15) is 0 Å². The molecule has 0 saturated carbocycles. The average Bonchev–Trinajstić information content (AvgIpc) is 2.68. The van der Waals surface area contributed by atoms with Crippen LogP contribution in [0.5, 0.6) is 11.5 Å². The maximum Gasteiger partial charge on any atom is 0.221 e. The summed E-state index contributed by atoms with van der Waals surface area (Å²) in [5.74, 6) is 1.45. The number of benzene rings is 3. The number of nitrogens with one attached hydrogen (secondary N) is 2. The van der Waals surface area contributed by atoms with Crippen molar-refractivity contribution in [1.29, 1.82) is 0 Å². The molecule has 138 valence electrons. The van der Waals surface area contributed by atoms with Crippen molar-refractivity contribution in [3.8, 4) is 11.5 Å². The van der Waals surface area contributed by atoms with Crippen molar-refractivity contribution in [2.75, 3.05) is 11.9 Å². The fraction of sp³-hybridized carbons (Fsp3) is 0.174. The van der Waals surface area contributed by atoms with E-state index in [2.05, 4.69) is 47.0 Å². The molecule has 3 rings (SSSR count). The Hall–Kier alpha value is -3.11. The van der Waals surface area contributed by atoms with Crippen molar-refractivity contribution in [3.63, 3.8) is 0 Å². The van der Waals surface area contributed by atoms with E-state index < -0.39 is 0 Å². The molecule has 0 heterocycles. The van der Waals surface area contributed by atoms with Crippen molar-refractivity contribution < 1.29 is 9.53 Å². The molecule has 0 bridgehead atoms. The molecule has 0 aromatic heterocycles. The Morgan fingerprint density at radius 1 is 0.815 bits per heavy atom. The molecule has 1 amide bonds. The van der Waals surface area contributed by atoms with Crippen molar-refractivity contribution in [2.24, 2.45) is 0 Å². The van der Waals surface area contributed by atoms with Gasteiger partial charge >= 0.3 is 0 Å². The van der Waals surface area contributed by atoms with Crippen LogP contribution in [0.1, 0.15) is 18.1 Å². The number of amides is 1. The summed E-state index contributed by atoms with van der Waals surface area (Å²) in [5, 5.41) is 6.20. The summed E-state index contributed by atoms with van der Waals surface area (Å²) < 4.78 is 5.85. The van der Waals surface area contributed by atoms with Crippen LogP contribution in [0.3, 0.4) is 0 Å². The Labute approximate surface area is 160 Å². The molecule has 0 saturated heterocycles. The molecule has 0 fully saturated rings. The highest BCUT2D eigenvalue weighted by Gasteiger charge is 2.00. The fourth-order valence-corrected chi connectivity index (χ4v) is 2.73. The molecular weight excluding hydrogens is 336 g/mol. The van der Waals surface area contributed by atoms with Gasteiger partial charge in [-0.25, -0.2) is 0 Å². The summed E-state index contributed by atoms with van der Waals surface area (Å²) in [5.41, 5.74) is 3.32. The summed E-state index contributed by atoms with van der Waals surface area (Å²) in [7, 11) is 0. The van der Waals surface area contributed by atoms with Crippen LogP contribution in [0.15, 0.2) is 78.9 Å². The predicted octanol–water partition coefficient (Wildman–Crippen LogP) is 4.77. The second kappa shape index (κ2) is 9.55. The van der Waals surface area contributed by atoms with Crippen molar-refractivity contribution >= 4 is 11.6 Å². The first-order valence-corrected chi connectivity index (χ1v) is 9.08. The topological polar surface area (TPSA) is 50.4 Å². The largest absolute Gasteiger partial charge is 0.457 e. The first-order chi connectivity index (χ1) is 13.2. The Morgan fingerprint density at radius 2 is 1.44 bits per heavy atom. The SMILES string of the molecule is CC(=O)Nc1ccc(Oc2ccc(CCNCc3ccccc3)cc2)cc1. The van der Waals surface area contributed by atoms with E-state index in [9.17, 15) is 4.79 Å². The Morgan fingerprint density at radius 3 is 2.07 bits per heavy atom. The van der Waals surface area contributed by atoms with Crippen LogP contribution in [0, 0.1) is 0 Å². The summed E-state index contributed by atoms with van der Waals surface area (Å²) >= 11 is 0. The summed E-state index contributed by atoms with van der Waals surface area (Å²) in [6.45, 7) is 3.30. The zero-order valence-corrected chi connectivity index (χ0v) is 15.4. The molecule has 27 heavy (non-hydrogen) atoms. The molecule has 0 aliphatic heterocycles. The number of anilines is 1. The Kier molecular flexibility index (Phi) is 6.61. The maximum atomic E-state index is 11.0. The van der Waals surface area contributed by atoms with E-state index in [1.165, 1.54) is 18.1 Å². The molecular formula is C23H24N2O2. The standard InChI is InChI=1S/C23H24N2O2/c1-18(26)25-21-9-13-23(14-10-21)27-22-11-7-19(8-12-22)15-16-24-17-20-5-3-2-4-6-20/h2-14,24H,15-17H2,1H3,(H,25,26). The zero-order valence-electron chi connectivity index (χ0n) is 15.4. The summed E-state index contributed by atoms with van der Waals surface area (Å²) in [4.78, 5) is 11.0. The lowest BCUT2D eigenvalue weighted by Crippen LogP contribution is -2.16. The fourth-order valence-electron chi connectivity index (χ4n) is 2.73. The number of ether oxygens (including phenoxy) is 1. The van der Waals surface area contributed by atoms with E-state index in [-0.39, 0.29) is 5.91 Å². The van der Waals surface area contributed by atoms with Gasteiger partial charge in [-0.15, -0.1) is 0 Å². The molecule has 4 nitrogen and oxygen atoms in total. The average molecular weight is 360 g/mol. The van der Waals surface area contributed by atoms with E-state index in [0.717, 1.165) is 36.7 Å². The van der Waals surface area contributed by atoms with Crippen LogP contribution in [0.25, 0.3) is 0 Å². The minimum absolute atomic E-state index is 0.0856. The van der Waals surface area contributed by atoms with Gasteiger partial charge in [-0.1, -0.05) is 42.5 Å². The van der Waals surface area contributed by atoms with Crippen molar-refractivity contribution in [1.82, 2.24) is 5.32 Å². The van der Waals surface area contributed by atoms with Crippen LogP contribution in [-0.4, -0.2) is 12.5 Å². The molecule has 2 N–H and O–H groups in total. The molecule has 0 radical (unpaired) electrons. The molecule has 0 atom stereocenters. The highest BCUT2D eigenvalue weighted by molar-refractivity contribution is 5.88. The smallest absolute Gasteiger partial charge is 0.221 e. The Bertz CT molecular complexity index is 844. The van der Waals surface area contributed by atoms with E-state index >= 15 is 0 Å². The zero-order chi connectivity index (χ0) is 18.9. The summed E-state index contributed by atoms with van der Waals surface area (Å²) in [6, 6.07) is 25.9. The van der Waals surface area contributed by atoms with Crippen molar-refractivity contribution in [3.05, 3.63) is 90.0 Å². The third-order valence-electron chi connectivity index (χ3n) is 4.10. The highest BCUT2D eigenvalue weighted by atomic mass is 16.5. The lowest BCUT2D eigenvalue weighted by atomic mass is 10.1. The molecule has 0 unspecified atom stereocenters. The number of hydrogen-bond acceptors (Lipinski definition) is 3. The van der Waals surface area contributed by atoms with E-state index in [0.29, 0.717) is 0 Å². The lowest BCUT2D eigenvalue weighted by Gasteiger charge is -2.09. The van der Waals surface area contributed by atoms with Gasteiger partial charge in [0.05, 0.1) is 0 Å². The first kappa shape index (κ1) is 18.7. The van der Waals surface area contributed by atoms with Gasteiger partial charge in [-0.05, 0) is 60.5 Å². The van der Waals surface area contributed by atoms with Crippen LogP contribution >= 0.6 is 0 Å². The molecule has 0 aliphatic carbocycles. The molecule has 0 spiro atoms. The lowest BCUT2D eigenvalue weighted by molar-refractivity contribution is -0.114. The predicted molar refractivity (Wildman–Crippen MR) is 109 cm³/mol. The van der Waals surface area contributed by atoms with E-state index in [1.54, 1.807) is 0 Å².